The monoisotopic (exact) mass is 335 g/mol. The van der Waals surface area contributed by atoms with Gasteiger partial charge in [0.05, 0.1) is 11.5 Å². The van der Waals surface area contributed by atoms with E-state index in [1.54, 1.807) is 18.2 Å². The minimum absolute atomic E-state index is 0.0450. The van der Waals surface area contributed by atoms with E-state index in [2.05, 4.69) is 20.7 Å². The van der Waals surface area contributed by atoms with E-state index in [1.165, 1.54) is 6.07 Å². The summed E-state index contributed by atoms with van der Waals surface area (Å²) in [5.74, 6) is 0. The second kappa shape index (κ2) is 5.26. The molecule has 5 nitrogen and oxygen atoms in total. The fourth-order valence-electron chi connectivity index (χ4n) is 1.71. The second-order valence-corrected chi connectivity index (χ2v) is 6.87. The molecule has 1 atom stereocenters. The molecule has 2 rings (SSSR count). The van der Waals surface area contributed by atoms with Crippen LogP contribution in [0.4, 0.5) is 0 Å². The summed E-state index contributed by atoms with van der Waals surface area (Å²) in [5.41, 5.74) is -1.10. The van der Waals surface area contributed by atoms with Crippen LogP contribution < -0.4 is 4.72 Å². The Morgan fingerprint density at radius 2 is 2.17 bits per heavy atom. The number of nitrogens with one attached hydrogen (secondary N) is 1. The lowest BCUT2D eigenvalue weighted by Crippen LogP contribution is -2.43. The molecule has 0 saturated carbocycles. The lowest BCUT2D eigenvalue weighted by atomic mass is 10.1. The summed E-state index contributed by atoms with van der Waals surface area (Å²) in [6.45, 7) is 0.565. The third-order valence-electron chi connectivity index (χ3n) is 2.80. The van der Waals surface area contributed by atoms with Crippen LogP contribution in [-0.2, 0) is 14.8 Å². The van der Waals surface area contributed by atoms with Gasteiger partial charge in [0.15, 0.2) is 0 Å². The van der Waals surface area contributed by atoms with Crippen LogP contribution in [0.15, 0.2) is 33.6 Å². The highest BCUT2D eigenvalue weighted by atomic mass is 79.9. The summed E-state index contributed by atoms with van der Waals surface area (Å²) in [6, 6.07) is 6.54. The van der Waals surface area contributed by atoms with E-state index in [-0.39, 0.29) is 18.0 Å². The molecule has 0 amide bonds. The van der Waals surface area contributed by atoms with E-state index < -0.39 is 15.6 Å². The molecule has 0 unspecified atom stereocenters. The van der Waals surface area contributed by atoms with Crippen molar-refractivity contribution in [1.29, 1.82) is 0 Å². The van der Waals surface area contributed by atoms with E-state index in [0.717, 1.165) is 0 Å². The van der Waals surface area contributed by atoms with Crippen LogP contribution in [0.5, 0.6) is 0 Å². The fraction of sp³-hybridized carbons (Fsp3) is 0.455. The molecule has 1 heterocycles. The summed E-state index contributed by atoms with van der Waals surface area (Å²) in [6.07, 6.45) is 0.436. The van der Waals surface area contributed by atoms with Crippen molar-refractivity contribution in [1.82, 2.24) is 4.72 Å². The molecular formula is C11H14BrNO4S. The Morgan fingerprint density at radius 1 is 1.44 bits per heavy atom. The molecule has 0 aromatic heterocycles. The lowest BCUT2D eigenvalue weighted by molar-refractivity contribution is 0.0314. The van der Waals surface area contributed by atoms with Crippen molar-refractivity contribution in [3.8, 4) is 0 Å². The zero-order chi connectivity index (χ0) is 13.2. The second-order valence-electron chi connectivity index (χ2n) is 4.28. The first kappa shape index (κ1) is 14.0. The number of hydrogen-bond acceptors (Lipinski definition) is 4. The van der Waals surface area contributed by atoms with Gasteiger partial charge in [-0.05, 0) is 28.1 Å². The largest absolute Gasteiger partial charge is 0.386 e. The first-order valence-electron chi connectivity index (χ1n) is 5.47. The molecular weight excluding hydrogens is 322 g/mol. The summed E-state index contributed by atoms with van der Waals surface area (Å²) in [5, 5.41) is 10.0. The van der Waals surface area contributed by atoms with Crippen molar-refractivity contribution in [2.75, 3.05) is 19.8 Å². The maximum Gasteiger partial charge on any atom is 0.241 e. The Bertz CT molecular complexity index is 526. The zero-order valence-corrected chi connectivity index (χ0v) is 12.0. The highest BCUT2D eigenvalue weighted by Crippen LogP contribution is 2.22. The van der Waals surface area contributed by atoms with Crippen molar-refractivity contribution < 1.29 is 18.3 Å². The Kier molecular flexibility index (Phi) is 4.08. The van der Waals surface area contributed by atoms with Gasteiger partial charge in [0, 0.05) is 24.0 Å². The smallest absolute Gasteiger partial charge is 0.241 e. The average molecular weight is 336 g/mol. The molecule has 2 N–H and O–H groups in total. The molecule has 1 aromatic rings. The third kappa shape index (κ3) is 3.10. The van der Waals surface area contributed by atoms with E-state index >= 15 is 0 Å². The number of sulfonamides is 1. The minimum atomic E-state index is -3.63. The van der Waals surface area contributed by atoms with Crippen LogP contribution >= 0.6 is 15.9 Å². The Balaban J connectivity index is 2.11. The molecule has 0 spiro atoms. The number of halogens is 1. The number of benzene rings is 1. The molecule has 1 fully saturated rings. The van der Waals surface area contributed by atoms with Crippen molar-refractivity contribution in [2.24, 2.45) is 0 Å². The molecule has 18 heavy (non-hydrogen) atoms. The standard InChI is InChI=1S/C11H14BrNO4S/c12-9-3-1-2-4-10(9)18(15,16)13-7-11(14)5-6-17-8-11/h1-4,13-14H,5-8H2/t11-/m1/s1. The molecule has 100 valence electrons. The van der Waals surface area contributed by atoms with Crippen molar-refractivity contribution in [2.45, 2.75) is 16.9 Å². The highest BCUT2D eigenvalue weighted by molar-refractivity contribution is 9.10. The van der Waals surface area contributed by atoms with E-state index in [1.807, 2.05) is 0 Å². The first-order valence-corrected chi connectivity index (χ1v) is 7.75. The van der Waals surface area contributed by atoms with E-state index in [0.29, 0.717) is 17.5 Å². The quantitative estimate of drug-likeness (QED) is 0.856. The Labute approximate surface area is 114 Å². The van der Waals surface area contributed by atoms with Crippen molar-refractivity contribution in [3.05, 3.63) is 28.7 Å². The minimum Gasteiger partial charge on any atom is -0.386 e. The van der Waals surface area contributed by atoms with Gasteiger partial charge in [-0.3, -0.25) is 0 Å². The topological polar surface area (TPSA) is 75.6 Å². The van der Waals surface area contributed by atoms with Crippen LogP contribution in [0, 0.1) is 0 Å². The zero-order valence-electron chi connectivity index (χ0n) is 9.60. The number of aliphatic hydroxyl groups is 1. The van der Waals surface area contributed by atoms with Gasteiger partial charge < -0.3 is 9.84 Å². The van der Waals surface area contributed by atoms with Gasteiger partial charge in [0.25, 0.3) is 0 Å². The number of hydrogen-bond donors (Lipinski definition) is 2. The fourth-order valence-corrected chi connectivity index (χ4v) is 3.83. The molecule has 1 aliphatic heterocycles. The molecule has 0 radical (unpaired) electrons. The number of ether oxygens (including phenoxy) is 1. The van der Waals surface area contributed by atoms with E-state index in [9.17, 15) is 13.5 Å². The molecule has 7 heteroatoms. The van der Waals surface area contributed by atoms with Gasteiger partial charge >= 0.3 is 0 Å². The maximum atomic E-state index is 12.1. The third-order valence-corrected chi connectivity index (χ3v) is 5.21. The molecule has 1 saturated heterocycles. The van der Waals surface area contributed by atoms with Gasteiger partial charge in [0.2, 0.25) is 10.0 Å². The highest BCUT2D eigenvalue weighted by Gasteiger charge is 2.33. The van der Waals surface area contributed by atoms with E-state index in [4.69, 9.17) is 4.74 Å². The van der Waals surface area contributed by atoms with Crippen LogP contribution in [-0.4, -0.2) is 38.9 Å². The summed E-state index contributed by atoms with van der Waals surface area (Å²) >= 11 is 3.19. The summed E-state index contributed by atoms with van der Waals surface area (Å²) in [7, 11) is -3.63. The first-order chi connectivity index (χ1) is 8.43. The van der Waals surface area contributed by atoms with Gasteiger partial charge in [0.1, 0.15) is 5.60 Å². The molecule has 0 bridgehead atoms. The lowest BCUT2D eigenvalue weighted by Gasteiger charge is -2.20. The van der Waals surface area contributed by atoms with Crippen molar-refractivity contribution >= 4 is 26.0 Å². The van der Waals surface area contributed by atoms with Crippen molar-refractivity contribution in [3.63, 3.8) is 0 Å². The SMILES string of the molecule is O=S(=O)(NC[C@]1(O)CCOC1)c1ccccc1Br. The Hall–Kier alpha value is -0.470. The normalized spacial score (nSPS) is 24.3. The number of rotatable bonds is 4. The molecule has 1 aliphatic rings. The summed E-state index contributed by atoms with van der Waals surface area (Å²) < 4.78 is 32.1. The average Bonchev–Trinajstić information content (AvgIpc) is 2.75. The van der Waals surface area contributed by atoms with Crippen LogP contribution in [0.1, 0.15) is 6.42 Å². The van der Waals surface area contributed by atoms with Crippen LogP contribution in [0.2, 0.25) is 0 Å². The molecule has 0 aliphatic carbocycles. The summed E-state index contributed by atoms with van der Waals surface area (Å²) in [4.78, 5) is 0.160. The Morgan fingerprint density at radius 3 is 2.78 bits per heavy atom. The van der Waals surface area contributed by atoms with Gasteiger partial charge in [-0.2, -0.15) is 0 Å². The maximum absolute atomic E-state index is 12.1. The predicted molar refractivity (Wildman–Crippen MR) is 69.7 cm³/mol. The molecule has 1 aromatic carbocycles. The van der Waals surface area contributed by atoms with Gasteiger partial charge in [-0.15, -0.1) is 0 Å². The van der Waals surface area contributed by atoms with Crippen LogP contribution in [0.3, 0.4) is 0 Å². The van der Waals surface area contributed by atoms with Gasteiger partial charge in [-0.25, -0.2) is 13.1 Å². The van der Waals surface area contributed by atoms with Gasteiger partial charge in [-0.1, -0.05) is 12.1 Å². The van der Waals surface area contributed by atoms with Crippen LogP contribution in [0.25, 0.3) is 0 Å². The predicted octanol–water partition coefficient (Wildman–Crippen LogP) is 0.879.